The zero-order chi connectivity index (χ0) is 23.3. The number of rotatable bonds is 5. The third kappa shape index (κ3) is 3.41. The predicted molar refractivity (Wildman–Crippen MR) is 128 cm³/mol. The van der Waals surface area contributed by atoms with E-state index >= 15 is 0 Å². The summed E-state index contributed by atoms with van der Waals surface area (Å²) in [6, 6.07) is 5.83. The minimum atomic E-state index is 0.269. The number of pyridine rings is 1. The van der Waals surface area contributed by atoms with Crippen LogP contribution in [0.4, 0.5) is 17.5 Å². The maximum Gasteiger partial charge on any atom is 0.227 e. The third-order valence-electron chi connectivity index (χ3n) is 6.76. The van der Waals surface area contributed by atoms with Gasteiger partial charge < -0.3 is 24.3 Å². The van der Waals surface area contributed by atoms with Gasteiger partial charge in [-0.2, -0.15) is 0 Å². The molecule has 174 valence electrons. The highest BCUT2D eigenvalue weighted by Gasteiger charge is 2.46. The maximum absolute atomic E-state index is 5.64. The first kappa shape index (κ1) is 20.8. The number of nitrogens with one attached hydrogen (secondary N) is 1. The second kappa shape index (κ2) is 7.91. The van der Waals surface area contributed by atoms with Crippen molar-refractivity contribution < 1.29 is 9.47 Å². The summed E-state index contributed by atoms with van der Waals surface area (Å²) in [5.41, 5.74) is 3.84. The Morgan fingerprint density at radius 1 is 1.18 bits per heavy atom. The summed E-state index contributed by atoms with van der Waals surface area (Å²) < 4.78 is 13.1. The van der Waals surface area contributed by atoms with Crippen molar-refractivity contribution in [3.8, 4) is 17.1 Å². The predicted octanol–water partition coefficient (Wildman–Crippen LogP) is 3.11. The van der Waals surface area contributed by atoms with Crippen LogP contribution < -0.4 is 15.0 Å². The molecule has 0 unspecified atom stereocenters. The standard InChI is InChI=1S/C24H26N8O2/c1-15-9-25-22(32-11-24(12-32)6-7-34-13-24)20-17(15)10-26-23(29-20)28-18-5-4-16(8-19(18)33-3)21-30-27-14-31(21)2/h4-5,8-10,14H,6-7,11-13H2,1-3H3,(H,26,28,29). The van der Waals surface area contributed by atoms with Gasteiger partial charge in [0, 0.05) is 55.5 Å². The van der Waals surface area contributed by atoms with Crippen molar-refractivity contribution in [2.24, 2.45) is 12.5 Å². The van der Waals surface area contributed by atoms with Crippen LogP contribution in [0.5, 0.6) is 5.75 Å². The number of aromatic nitrogens is 6. The van der Waals surface area contributed by atoms with Gasteiger partial charge in [-0.25, -0.2) is 15.0 Å². The lowest BCUT2D eigenvalue weighted by atomic mass is 9.79. The first-order valence-corrected chi connectivity index (χ1v) is 11.3. The molecule has 3 aromatic heterocycles. The maximum atomic E-state index is 5.64. The van der Waals surface area contributed by atoms with Crippen molar-refractivity contribution in [2.45, 2.75) is 13.3 Å². The minimum Gasteiger partial charge on any atom is -0.495 e. The molecule has 0 saturated carbocycles. The SMILES string of the molecule is COc1cc(-c2nncn2C)ccc1Nc1ncc2c(C)cnc(N3CC4(CCOC4)C3)c2n1. The zero-order valence-corrected chi connectivity index (χ0v) is 19.4. The number of aryl methyl sites for hydroxylation is 2. The van der Waals surface area contributed by atoms with E-state index in [1.807, 2.05) is 49.1 Å². The summed E-state index contributed by atoms with van der Waals surface area (Å²) in [7, 11) is 3.55. The fourth-order valence-electron chi connectivity index (χ4n) is 4.83. The number of anilines is 3. The monoisotopic (exact) mass is 458 g/mol. The molecule has 10 nitrogen and oxygen atoms in total. The highest BCUT2D eigenvalue weighted by molar-refractivity contribution is 5.91. The molecule has 1 aromatic carbocycles. The molecule has 0 radical (unpaired) electrons. The molecule has 34 heavy (non-hydrogen) atoms. The Morgan fingerprint density at radius 3 is 2.79 bits per heavy atom. The minimum absolute atomic E-state index is 0.269. The van der Waals surface area contributed by atoms with Crippen LogP contribution in [0, 0.1) is 12.3 Å². The van der Waals surface area contributed by atoms with Crippen LogP contribution in [0.1, 0.15) is 12.0 Å². The molecule has 1 spiro atoms. The molecule has 10 heteroatoms. The Kier molecular flexibility index (Phi) is 4.84. The number of ether oxygens (including phenoxy) is 2. The van der Waals surface area contributed by atoms with E-state index in [2.05, 4.69) is 25.4 Å². The van der Waals surface area contributed by atoms with Crippen LogP contribution in [0.2, 0.25) is 0 Å². The lowest BCUT2D eigenvalue weighted by Gasteiger charge is -2.48. The van der Waals surface area contributed by atoms with Gasteiger partial charge in [0.25, 0.3) is 0 Å². The molecule has 6 rings (SSSR count). The smallest absolute Gasteiger partial charge is 0.227 e. The molecule has 0 aliphatic carbocycles. The number of hydrogen-bond donors (Lipinski definition) is 1. The summed E-state index contributed by atoms with van der Waals surface area (Å²) in [4.78, 5) is 16.5. The van der Waals surface area contributed by atoms with Gasteiger partial charge in [-0.3, -0.25) is 0 Å². The quantitative estimate of drug-likeness (QED) is 0.483. The van der Waals surface area contributed by atoms with E-state index in [0.717, 1.165) is 72.1 Å². The summed E-state index contributed by atoms with van der Waals surface area (Å²) >= 11 is 0. The summed E-state index contributed by atoms with van der Waals surface area (Å²) in [5, 5.41) is 12.5. The van der Waals surface area contributed by atoms with Gasteiger partial charge in [-0.05, 0) is 37.1 Å². The molecular weight excluding hydrogens is 432 g/mol. The van der Waals surface area contributed by atoms with E-state index in [1.165, 1.54) is 0 Å². The summed E-state index contributed by atoms with van der Waals surface area (Å²) in [6.07, 6.45) is 6.54. The molecule has 0 bridgehead atoms. The second-order valence-electron chi connectivity index (χ2n) is 9.18. The molecule has 1 N–H and O–H groups in total. The largest absolute Gasteiger partial charge is 0.495 e. The number of benzene rings is 1. The van der Waals surface area contributed by atoms with Gasteiger partial charge in [0.15, 0.2) is 11.6 Å². The number of methoxy groups -OCH3 is 1. The van der Waals surface area contributed by atoms with Gasteiger partial charge in [0.2, 0.25) is 5.95 Å². The Bertz CT molecular complexity index is 1370. The van der Waals surface area contributed by atoms with E-state index in [1.54, 1.807) is 13.4 Å². The molecule has 2 fully saturated rings. The van der Waals surface area contributed by atoms with E-state index < -0.39 is 0 Å². The van der Waals surface area contributed by atoms with Gasteiger partial charge in [0.1, 0.15) is 17.6 Å². The van der Waals surface area contributed by atoms with Crippen molar-refractivity contribution in [2.75, 3.05) is 43.6 Å². The van der Waals surface area contributed by atoms with Crippen LogP contribution in [-0.2, 0) is 11.8 Å². The van der Waals surface area contributed by atoms with E-state index in [4.69, 9.17) is 19.4 Å². The number of hydrogen-bond acceptors (Lipinski definition) is 9. The summed E-state index contributed by atoms with van der Waals surface area (Å²) in [5.74, 6) is 2.81. The van der Waals surface area contributed by atoms with Gasteiger partial charge >= 0.3 is 0 Å². The van der Waals surface area contributed by atoms with Crippen molar-refractivity contribution in [3.63, 3.8) is 0 Å². The number of nitrogens with zero attached hydrogens (tertiary/aromatic N) is 7. The van der Waals surface area contributed by atoms with Crippen LogP contribution in [0.25, 0.3) is 22.3 Å². The first-order valence-electron chi connectivity index (χ1n) is 11.3. The van der Waals surface area contributed by atoms with E-state index in [-0.39, 0.29) is 5.41 Å². The molecule has 0 atom stereocenters. The Hall–Kier alpha value is -3.79. The van der Waals surface area contributed by atoms with Crippen LogP contribution in [0.15, 0.2) is 36.9 Å². The molecular formula is C24H26N8O2. The molecule has 4 aromatic rings. The highest BCUT2D eigenvalue weighted by Crippen LogP contribution is 2.42. The normalized spacial score (nSPS) is 16.7. The Morgan fingerprint density at radius 2 is 2.06 bits per heavy atom. The zero-order valence-electron chi connectivity index (χ0n) is 19.4. The van der Waals surface area contributed by atoms with E-state index in [0.29, 0.717) is 11.7 Å². The molecule has 2 saturated heterocycles. The molecule has 5 heterocycles. The van der Waals surface area contributed by atoms with E-state index in [9.17, 15) is 0 Å². The van der Waals surface area contributed by atoms with Crippen molar-refractivity contribution in [3.05, 3.63) is 42.5 Å². The topological polar surface area (TPSA) is 103 Å². The molecule has 0 amide bonds. The second-order valence-corrected chi connectivity index (χ2v) is 9.18. The highest BCUT2D eigenvalue weighted by atomic mass is 16.5. The summed E-state index contributed by atoms with van der Waals surface area (Å²) in [6.45, 7) is 5.61. The number of fused-ring (bicyclic) bond motifs is 1. The van der Waals surface area contributed by atoms with Crippen molar-refractivity contribution >= 4 is 28.4 Å². The van der Waals surface area contributed by atoms with Gasteiger partial charge in [-0.1, -0.05) is 0 Å². The van der Waals surface area contributed by atoms with Gasteiger partial charge in [0.05, 0.1) is 19.4 Å². The fourth-order valence-corrected chi connectivity index (χ4v) is 4.83. The van der Waals surface area contributed by atoms with Crippen molar-refractivity contribution in [1.82, 2.24) is 29.7 Å². The lowest BCUT2D eigenvalue weighted by molar-refractivity contribution is 0.131. The van der Waals surface area contributed by atoms with Crippen molar-refractivity contribution in [1.29, 1.82) is 0 Å². The lowest BCUT2D eigenvalue weighted by Crippen LogP contribution is -2.57. The third-order valence-corrected chi connectivity index (χ3v) is 6.76. The average molecular weight is 459 g/mol. The van der Waals surface area contributed by atoms with Crippen LogP contribution in [0.3, 0.4) is 0 Å². The average Bonchev–Trinajstić information content (AvgIpc) is 3.48. The van der Waals surface area contributed by atoms with Crippen LogP contribution >= 0.6 is 0 Å². The fraction of sp³-hybridized carbons (Fsp3) is 0.375. The Labute approximate surface area is 197 Å². The van der Waals surface area contributed by atoms with Gasteiger partial charge in [-0.15, -0.1) is 10.2 Å². The molecule has 2 aliphatic rings. The first-order chi connectivity index (χ1) is 16.5. The van der Waals surface area contributed by atoms with Crippen LogP contribution in [-0.4, -0.2) is 63.1 Å². The molecule has 2 aliphatic heterocycles. The Balaban J connectivity index is 1.32.